The summed E-state index contributed by atoms with van der Waals surface area (Å²) in [7, 11) is 0. The molecule has 0 bridgehead atoms. The number of anilines is 1. The van der Waals surface area contributed by atoms with Gasteiger partial charge in [0.2, 0.25) is 0 Å². The molecule has 1 atom stereocenters. The van der Waals surface area contributed by atoms with Crippen molar-refractivity contribution in [1.29, 1.82) is 0 Å². The maximum absolute atomic E-state index is 3.57. The predicted molar refractivity (Wildman–Crippen MR) is 76.6 cm³/mol. The molecule has 2 rings (SSSR count). The molecule has 1 nitrogen and oxygen atoms in total. The van der Waals surface area contributed by atoms with E-state index in [1.165, 1.54) is 35.7 Å². The lowest BCUT2D eigenvalue weighted by atomic mass is 10.1. The van der Waals surface area contributed by atoms with Crippen LogP contribution in [0.15, 0.2) is 42.5 Å². The molecule has 90 valence electrons. The van der Waals surface area contributed by atoms with Gasteiger partial charge < -0.3 is 5.32 Å². The smallest absolute Gasteiger partial charge is 0.0348 e. The van der Waals surface area contributed by atoms with Crippen molar-refractivity contribution in [3.63, 3.8) is 0 Å². The summed E-state index contributed by atoms with van der Waals surface area (Å²) in [4.78, 5) is 0. The molecule has 0 aliphatic rings. The Balaban J connectivity index is 2.08. The maximum atomic E-state index is 3.57. The highest BCUT2D eigenvalue weighted by atomic mass is 14.9. The lowest BCUT2D eigenvalue weighted by Crippen LogP contribution is -2.14. The summed E-state index contributed by atoms with van der Waals surface area (Å²) in [6.45, 7) is 4.49. The lowest BCUT2D eigenvalue weighted by Gasteiger charge is -2.15. The Bertz CT molecular complexity index is 476. The minimum Gasteiger partial charge on any atom is -0.383 e. The zero-order valence-corrected chi connectivity index (χ0v) is 10.7. The van der Waals surface area contributed by atoms with Gasteiger partial charge in [0.1, 0.15) is 0 Å². The fourth-order valence-electron chi connectivity index (χ4n) is 2.15. The minimum absolute atomic E-state index is 0.552. The van der Waals surface area contributed by atoms with E-state index >= 15 is 0 Å². The molecule has 2 aromatic carbocycles. The summed E-state index contributed by atoms with van der Waals surface area (Å²) in [6, 6.07) is 15.6. The molecule has 0 aliphatic heterocycles. The second kappa shape index (κ2) is 5.72. The van der Waals surface area contributed by atoms with Crippen LogP contribution in [0.3, 0.4) is 0 Å². The molecule has 0 amide bonds. The summed E-state index contributed by atoms with van der Waals surface area (Å²) >= 11 is 0. The van der Waals surface area contributed by atoms with Crippen LogP contribution < -0.4 is 5.32 Å². The van der Waals surface area contributed by atoms with Gasteiger partial charge in [-0.05, 0) is 36.2 Å². The van der Waals surface area contributed by atoms with Gasteiger partial charge in [0.25, 0.3) is 0 Å². The molecule has 0 aromatic heterocycles. The molecule has 0 spiro atoms. The molecule has 0 saturated carbocycles. The quantitative estimate of drug-likeness (QED) is 0.771. The van der Waals surface area contributed by atoms with Crippen LogP contribution in [0.1, 0.15) is 33.1 Å². The number of hydrogen-bond donors (Lipinski definition) is 1. The second-order valence-corrected chi connectivity index (χ2v) is 4.75. The number of benzene rings is 2. The van der Waals surface area contributed by atoms with Gasteiger partial charge in [0, 0.05) is 11.7 Å². The van der Waals surface area contributed by atoms with Crippen molar-refractivity contribution in [2.75, 3.05) is 5.32 Å². The van der Waals surface area contributed by atoms with E-state index in [-0.39, 0.29) is 0 Å². The molecule has 0 heterocycles. The third kappa shape index (κ3) is 3.23. The second-order valence-electron chi connectivity index (χ2n) is 4.75. The molecule has 0 radical (unpaired) electrons. The molecule has 1 heteroatoms. The predicted octanol–water partition coefficient (Wildman–Crippen LogP) is 4.83. The average Bonchev–Trinajstić information content (AvgIpc) is 2.36. The standard InChI is InChI=1S/C16H21N/c1-3-4-7-13(2)17-16-11-10-14-8-5-6-9-15(14)12-16/h5-6,8-13,17H,3-4,7H2,1-2H3. The molecule has 17 heavy (non-hydrogen) atoms. The lowest BCUT2D eigenvalue weighted by molar-refractivity contribution is 0.645. The van der Waals surface area contributed by atoms with Crippen LogP contribution in [0.2, 0.25) is 0 Å². The van der Waals surface area contributed by atoms with E-state index in [2.05, 4.69) is 61.6 Å². The van der Waals surface area contributed by atoms with Gasteiger partial charge >= 0.3 is 0 Å². The van der Waals surface area contributed by atoms with Crippen LogP contribution in [-0.4, -0.2) is 6.04 Å². The summed E-state index contributed by atoms with van der Waals surface area (Å²) < 4.78 is 0. The minimum atomic E-state index is 0.552. The monoisotopic (exact) mass is 227 g/mol. The van der Waals surface area contributed by atoms with E-state index in [9.17, 15) is 0 Å². The fraction of sp³-hybridized carbons (Fsp3) is 0.375. The van der Waals surface area contributed by atoms with Gasteiger partial charge in [-0.2, -0.15) is 0 Å². The first-order valence-electron chi connectivity index (χ1n) is 6.55. The van der Waals surface area contributed by atoms with Gasteiger partial charge in [0.05, 0.1) is 0 Å². The van der Waals surface area contributed by atoms with E-state index in [4.69, 9.17) is 0 Å². The van der Waals surface area contributed by atoms with E-state index in [1.54, 1.807) is 0 Å². The van der Waals surface area contributed by atoms with Crippen LogP contribution >= 0.6 is 0 Å². The Morgan fingerprint density at radius 3 is 2.59 bits per heavy atom. The van der Waals surface area contributed by atoms with Crippen LogP contribution in [0, 0.1) is 0 Å². The molecular formula is C16H21N. The van der Waals surface area contributed by atoms with Crippen LogP contribution in [0.5, 0.6) is 0 Å². The Kier molecular flexibility index (Phi) is 4.03. The first-order valence-corrected chi connectivity index (χ1v) is 6.55. The number of nitrogens with one attached hydrogen (secondary N) is 1. The molecule has 2 aromatic rings. The van der Waals surface area contributed by atoms with Crippen molar-refractivity contribution in [3.8, 4) is 0 Å². The van der Waals surface area contributed by atoms with Crippen molar-refractivity contribution in [1.82, 2.24) is 0 Å². The SMILES string of the molecule is CCCCC(C)Nc1ccc2ccccc2c1. The zero-order valence-electron chi connectivity index (χ0n) is 10.7. The first-order chi connectivity index (χ1) is 8.29. The third-order valence-corrected chi connectivity index (χ3v) is 3.15. The Hall–Kier alpha value is -1.50. The molecule has 0 saturated heterocycles. The molecular weight excluding hydrogens is 206 g/mol. The molecule has 1 unspecified atom stereocenters. The Labute approximate surface area is 104 Å². The molecule has 1 N–H and O–H groups in total. The number of hydrogen-bond acceptors (Lipinski definition) is 1. The highest BCUT2D eigenvalue weighted by Crippen LogP contribution is 2.20. The summed E-state index contributed by atoms with van der Waals surface area (Å²) in [5, 5.41) is 6.18. The highest BCUT2D eigenvalue weighted by molar-refractivity contribution is 5.85. The summed E-state index contributed by atoms with van der Waals surface area (Å²) in [5.41, 5.74) is 1.23. The van der Waals surface area contributed by atoms with Crippen molar-refractivity contribution in [2.45, 2.75) is 39.2 Å². The van der Waals surface area contributed by atoms with Gasteiger partial charge in [-0.3, -0.25) is 0 Å². The van der Waals surface area contributed by atoms with Gasteiger partial charge in [0.15, 0.2) is 0 Å². The molecule has 0 aliphatic carbocycles. The number of rotatable bonds is 5. The van der Waals surface area contributed by atoms with Crippen LogP contribution in [0.4, 0.5) is 5.69 Å². The summed E-state index contributed by atoms with van der Waals surface area (Å²) in [6.07, 6.45) is 3.80. The Morgan fingerprint density at radius 2 is 1.82 bits per heavy atom. The van der Waals surface area contributed by atoms with E-state index < -0.39 is 0 Å². The summed E-state index contributed by atoms with van der Waals surface area (Å²) in [5.74, 6) is 0. The Morgan fingerprint density at radius 1 is 1.06 bits per heavy atom. The van der Waals surface area contributed by atoms with Crippen LogP contribution in [0.25, 0.3) is 10.8 Å². The third-order valence-electron chi connectivity index (χ3n) is 3.15. The fourth-order valence-corrected chi connectivity index (χ4v) is 2.15. The van der Waals surface area contributed by atoms with Gasteiger partial charge in [-0.1, -0.05) is 50.1 Å². The van der Waals surface area contributed by atoms with Gasteiger partial charge in [-0.15, -0.1) is 0 Å². The van der Waals surface area contributed by atoms with Crippen molar-refractivity contribution < 1.29 is 0 Å². The van der Waals surface area contributed by atoms with Crippen molar-refractivity contribution in [3.05, 3.63) is 42.5 Å². The van der Waals surface area contributed by atoms with E-state index in [1.807, 2.05) is 0 Å². The first kappa shape index (κ1) is 12.0. The maximum Gasteiger partial charge on any atom is 0.0348 e. The largest absolute Gasteiger partial charge is 0.383 e. The highest BCUT2D eigenvalue weighted by Gasteiger charge is 2.01. The number of fused-ring (bicyclic) bond motifs is 1. The van der Waals surface area contributed by atoms with E-state index in [0.717, 1.165) is 0 Å². The molecule has 0 fully saturated rings. The normalized spacial score (nSPS) is 12.6. The van der Waals surface area contributed by atoms with E-state index in [0.29, 0.717) is 6.04 Å². The zero-order chi connectivity index (χ0) is 12.1. The van der Waals surface area contributed by atoms with Crippen LogP contribution in [-0.2, 0) is 0 Å². The topological polar surface area (TPSA) is 12.0 Å². The van der Waals surface area contributed by atoms with Gasteiger partial charge in [-0.25, -0.2) is 0 Å². The van der Waals surface area contributed by atoms with Crippen molar-refractivity contribution in [2.24, 2.45) is 0 Å². The number of unbranched alkanes of at least 4 members (excludes halogenated alkanes) is 1. The van der Waals surface area contributed by atoms with Crippen molar-refractivity contribution >= 4 is 16.5 Å². The average molecular weight is 227 g/mol.